The van der Waals surface area contributed by atoms with Crippen molar-refractivity contribution in [3.05, 3.63) is 59.9 Å². The predicted octanol–water partition coefficient (Wildman–Crippen LogP) is 1.65. The summed E-state index contributed by atoms with van der Waals surface area (Å²) >= 11 is 0. The molecule has 2 aromatic carbocycles. The summed E-state index contributed by atoms with van der Waals surface area (Å²) in [5.41, 5.74) is 6.00. The second-order valence-electron chi connectivity index (χ2n) is 15.2. The van der Waals surface area contributed by atoms with Gasteiger partial charge in [0.2, 0.25) is 17.9 Å². The van der Waals surface area contributed by atoms with Crippen LogP contribution in [0.1, 0.15) is 30.4 Å². The third-order valence-corrected chi connectivity index (χ3v) is 11.1. The monoisotopic (exact) mass is 965 g/mol. The number of benzene rings is 2. The first kappa shape index (κ1) is 57.4. The van der Waals surface area contributed by atoms with Crippen LogP contribution in [0.4, 0.5) is 17.6 Å². The van der Waals surface area contributed by atoms with E-state index in [1.165, 1.54) is 87.5 Å². The number of anilines is 3. The number of ether oxygens (including phenoxy) is 2. The van der Waals surface area contributed by atoms with Gasteiger partial charge in [0.05, 0.1) is 39.4 Å². The van der Waals surface area contributed by atoms with Crippen LogP contribution >= 0.6 is 0 Å². The normalized spacial score (nSPS) is 14.9. The van der Waals surface area contributed by atoms with Gasteiger partial charge in [-0.1, -0.05) is 36.4 Å². The van der Waals surface area contributed by atoms with Gasteiger partial charge in [-0.25, -0.2) is 15.0 Å². The van der Waals surface area contributed by atoms with E-state index in [-0.39, 0.29) is 22.0 Å². The van der Waals surface area contributed by atoms with Crippen molar-refractivity contribution in [3.63, 3.8) is 0 Å². The van der Waals surface area contributed by atoms with Crippen molar-refractivity contribution in [1.29, 1.82) is 0 Å². The Kier molecular flexibility index (Phi) is 27.9. The number of aliphatic imine (C=N–C) groups is 2. The minimum Gasteiger partial charge on any atom is -0.379 e. The number of morpholine rings is 2. The number of hydrogen-bond acceptors (Lipinski definition) is 18. The number of hydrogen-bond donors (Lipinski definition) is 7. The molecule has 0 radical (unpaired) electrons. The van der Waals surface area contributed by atoms with E-state index in [9.17, 15) is 25.9 Å². The number of rotatable bonds is 18. The zero-order valence-corrected chi connectivity index (χ0v) is 41.1. The second kappa shape index (κ2) is 32.1. The van der Waals surface area contributed by atoms with Crippen molar-refractivity contribution in [3.8, 4) is 0 Å². The highest BCUT2D eigenvalue weighted by atomic mass is 32.2. The summed E-state index contributed by atoms with van der Waals surface area (Å²) in [5, 5.41) is 12.1. The lowest BCUT2D eigenvalue weighted by Crippen LogP contribution is -2.38. The van der Waals surface area contributed by atoms with E-state index in [4.69, 9.17) is 15.2 Å². The average molecular weight is 965 g/mol. The zero-order valence-electron chi connectivity index (χ0n) is 39.4. The second-order valence-corrected chi connectivity index (χ2v) is 18.0. The maximum absolute atomic E-state index is 12.1. The SMILES string of the molecule is CN=CN/C(=N\CN1CCOCC1)Nc1ccc(/C=C/c2ccccc2S(=O)(=O)O)c(S(=O)(=O)O)c1.CNCCCCN(C)C.CNCCCN(C)C.Nc1ncnc(N2CCOCC2)n1. The molecule has 5 rings (SSSR count). The number of guanidine groups is 1. The van der Waals surface area contributed by atoms with Gasteiger partial charge in [0, 0.05) is 38.9 Å². The molecular formula is C42H72N14O8S2. The van der Waals surface area contributed by atoms with Gasteiger partial charge in [-0.05, 0) is 117 Å². The fourth-order valence-corrected chi connectivity index (χ4v) is 7.21. The van der Waals surface area contributed by atoms with Crippen molar-refractivity contribution < 1.29 is 35.4 Å². The minimum absolute atomic E-state index is 0.100. The van der Waals surface area contributed by atoms with Crippen LogP contribution in [-0.4, -0.2) is 203 Å². The highest BCUT2D eigenvalue weighted by molar-refractivity contribution is 7.86. The Morgan fingerprint density at radius 1 is 0.803 bits per heavy atom. The molecule has 8 N–H and O–H groups in total. The van der Waals surface area contributed by atoms with Gasteiger partial charge >= 0.3 is 0 Å². The molecule has 24 heteroatoms. The van der Waals surface area contributed by atoms with E-state index >= 15 is 0 Å². The third kappa shape index (κ3) is 24.7. The molecule has 2 saturated heterocycles. The summed E-state index contributed by atoms with van der Waals surface area (Å²) in [7, 11) is 4.82. The van der Waals surface area contributed by atoms with E-state index in [0.29, 0.717) is 50.7 Å². The Hall–Kier alpha value is -4.73. The van der Waals surface area contributed by atoms with Crippen LogP contribution in [0.15, 0.2) is 68.6 Å². The highest BCUT2D eigenvalue weighted by Crippen LogP contribution is 2.24. The minimum atomic E-state index is -4.65. The van der Waals surface area contributed by atoms with E-state index in [1.54, 1.807) is 19.2 Å². The van der Waals surface area contributed by atoms with Crippen molar-refractivity contribution in [2.75, 3.05) is 151 Å². The number of aromatic nitrogens is 3. The molecule has 2 fully saturated rings. The molecule has 0 saturated carbocycles. The van der Waals surface area contributed by atoms with Crippen LogP contribution in [-0.2, 0) is 29.7 Å². The van der Waals surface area contributed by atoms with E-state index < -0.39 is 25.1 Å². The number of nitrogen functional groups attached to an aromatic ring is 1. The summed E-state index contributed by atoms with van der Waals surface area (Å²) in [5.74, 6) is 1.20. The summed E-state index contributed by atoms with van der Waals surface area (Å²) < 4.78 is 77.2. The van der Waals surface area contributed by atoms with Crippen LogP contribution in [0, 0.1) is 0 Å². The molecule has 3 heterocycles. The number of nitrogens with two attached hydrogens (primary N) is 1. The van der Waals surface area contributed by atoms with E-state index in [1.807, 2.05) is 19.0 Å². The molecule has 1 aromatic heterocycles. The van der Waals surface area contributed by atoms with Gasteiger partial charge < -0.3 is 51.2 Å². The van der Waals surface area contributed by atoms with Crippen LogP contribution in [0.2, 0.25) is 0 Å². The van der Waals surface area contributed by atoms with Crippen LogP contribution in [0.25, 0.3) is 12.2 Å². The molecule has 0 aliphatic carbocycles. The molecule has 22 nitrogen and oxygen atoms in total. The fraction of sp³-hybridized carbons (Fsp3) is 0.548. The molecule has 2 aliphatic heterocycles. The summed E-state index contributed by atoms with van der Waals surface area (Å²) in [6.45, 7) is 10.8. The topological polar surface area (TPSA) is 278 Å². The quantitative estimate of drug-likeness (QED) is 0.0314. The summed E-state index contributed by atoms with van der Waals surface area (Å²) in [4.78, 5) is 27.9. The van der Waals surface area contributed by atoms with Gasteiger partial charge in [-0.15, -0.1) is 0 Å². The summed E-state index contributed by atoms with van der Waals surface area (Å²) in [6, 6.07) is 9.90. The van der Waals surface area contributed by atoms with Crippen molar-refractivity contribution in [2.45, 2.75) is 29.1 Å². The molecule has 0 amide bonds. The standard InChI is InChI=1S/C22H27N5O7S2.C7H11N5O.C7H18N2.C6H16N2/c1-23-15-24-22(25-16-27-10-12-34-13-11-27)26-19-9-8-18(21(14-19)36(31,32)33)7-6-17-4-2-3-5-20(17)35(28,29)30;8-6-9-5-10-7(11-6)12-1-3-13-4-2-12;1-8-6-4-5-7-9(2)3;1-7-5-4-6-8(2)3/h2-9,14-15H,10-13,16H2,1H3,(H,28,29,30)(H,31,32,33)(H2,23,24,25,26);5H,1-4H2,(H2,8,9,10,11);8H,4-7H2,1-3H3;7H,4-6H2,1-3H3/b7-6+;;;. The molecule has 370 valence electrons. The molecule has 0 bridgehead atoms. The van der Waals surface area contributed by atoms with Crippen LogP contribution in [0.3, 0.4) is 0 Å². The van der Waals surface area contributed by atoms with Gasteiger partial charge in [0.25, 0.3) is 20.2 Å². The molecule has 0 atom stereocenters. The van der Waals surface area contributed by atoms with E-state index in [0.717, 1.165) is 39.3 Å². The van der Waals surface area contributed by atoms with Crippen molar-refractivity contribution in [1.82, 2.24) is 45.6 Å². The van der Waals surface area contributed by atoms with Crippen molar-refractivity contribution in [2.24, 2.45) is 9.98 Å². The van der Waals surface area contributed by atoms with E-state index in [2.05, 4.69) is 89.1 Å². The van der Waals surface area contributed by atoms with Gasteiger partial charge in [-0.2, -0.15) is 21.8 Å². The first-order valence-electron chi connectivity index (χ1n) is 21.5. The number of nitrogens with one attached hydrogen (secondary N) is 4. The molecular weight excluding hydrogens is 893 g/mol. The number of unbranched alkanes of at least 4 members (excludes halogenated alkanes) is 1. The lowest BCUT2D eigenvalue weighted by Gasteiger charge is -2.26. The Morgan fingerprint density at radius 3 is 1.95 bits per heavy atom. The number of nitrogens with zero attached hydrogens (tertiary/aromatic N) is 9. The van der Waals surface area contributed by atoms with Crippen molar-refractivity contribution >= 4 is 62.3 Å². The maximum atomic E-state index is 12.1. The summed E-state index contributed by atoms with van der Waals surface area (Å²) in [6.07, 6.45) is 9.32. The average Bonchev–Trinajstić information content (AvgIpc) is 3.29. The largest absolute Gasteiger partial charge is 0.379 e. The molecule has 0 spiro atoms. The Balaban J connectivity index is 0.000000400. The Labute approximate surface area is 391 Å². The first-order valence-corrected chi connectivity index (χ1v) is 24.4. The molecule has 3 aromatic rings. The molecule has 2 aliphatic rings. The fourth-order valence-electron chi connectivity index (χ4n) is 5.82. The Morgan fingerprint density at radius 2 is 1.38 bits per heavy atom. The zero-order chi connectivity index (χ0) is 48.8. The van der Waals surface area contributed by atoms with Gasteiger partial charge in [-0.3, -0.25) is 19.0 Å². The lowest BCUT2D eigenvalue weighted by atomic mass is 10.1. The first-order chi connectivity index (χ1) is 31.5. The smallest absolute Gasteiger partial charge is 0.295 e. The van der Waals surface area contributed by atoms with Gasteiger partial charge in [0.1, 0.15) is 16.1 Å². The third-order valence-electron chi connectivity index (χ3n) is 9.24. The molecule has 0 unspecified atom stereocenters. The lowest BCUT2D eigenvalue weighted by molar-refractivity contribution is 0.0394. The maximum Gasteiger partial charge on any atom is 0.295 e. The van der Waals surface area contributed by atoms with Crippen LogP contribution in [0.5, 0.6) is 0 Å². The Bertz CT molecular complexity index is 2130. The highest BCUT2D eigenvalue weighted by Gasteiger charge is 2.18. The predicted molar refractivity (Wildman–Crippen MR) is 263 cm³/mol. The molecule has 66 heavy (non-hydrogen) atoms. The van der Waals surface area contributed by atoms with Crippen LogP contribution < -0.4 is 31.9 Å². The van der Waals surface area contributed by atoms with Gasteiger partial charge in [0.15, 0.2) is 0 Å².